The summed E-state index contributed by atoms with van der Waals surface area (Å²) in [5.74, 6) is 1.86. The fraction of sp³-hybridized carbons (Fsp3) is 0.385. The first kappa shape index (κ1) is 12.6. The van der Waals surface area contributed by atoms with E-state index in [-0.39, 0.29) is 11.5 Å². The van der Waals surface area contributed by atoms with E-state index < -0.39 is 17.7 Å². The van der Waals surface area contributed by atoms with E-state index in [9.17, 15) is 13.2 Å². The van der Waals surface area contributed by atoms with Gasteiger partial charge in [-0.15, -0.1) is 6.42 Å². The van der Waals surface area contributed by atoms with Crippen molar-refractivity contribution in [2.45, 2.75) is 25.9 Å². The number of terminal acetylenes is 1. The van der Waals surface area contributed by atoms with Crippen molar-refractivity contribution in [1.82, 2.24) is 0 Å². The Morgan fingerprint density at radius 2 is 2.00 bits per heavy atom. The molecule has 0 fully saturated rings. The molecule has 0 amide bonds. The van der Waals surface area contributed by atoms with Crippen LogP contribution in [-0.4, -0.2) is 0 Å². The van der Waals surface area contributed by atoms with E-state index in [1.165, 1.54) is 12.1 Å². The first-order valence-electron chi connectivity index (χ1n) is 4.91. The van der Waals surface area contributed by atoms with Gasteiger partial charge in [0.05, 0.1) is 5.56 Å². The highest BCUT2D eigenvalue weighted by Gasteiger charge is 2.35. The summed E-state index contributed by atoms with van der Waals surface area (Å²) in [7, 11) is 0. The summed E-state index contributed by atoms with van der Waals surface area (Å²) < 4.78 is 38.2. The fourth-order valence-electron chi connectivity index (χ4n) is 1.60. The Kier molecular flexibility index (Phi) is 3.64. The van der Waals surface area contributed by atoms with Crippen LogP contribution in [0.2, 0.25) is 0 Å². The number of rotatable bonds is 2. The molecule has 85 valence electrons. The van der Waals surface area contributed by atoms with Gasteiger partial charge in [0.1, 0.15) is 0 Å². The number of alkyl halides is 3. The molecule has 0 saturated carbocycles. The SMILES string of the molecule is C#CC(c1cc[c]cc1C(F)(F)F)C(C)C. The van der Waals surface area contributed by atoms with Gasteiger partial charge in [0, 0.05) is 5.92 Å². The van der Waals surface area contributed by atoms with E-state index in [1.54, 1.807) is 13.8 Å². The Labute approximate surface area is 93.5 Å². The second-order valence-corrected chi connectivity index (χ2v) is 3.90. The standard InChI is InChI=1S/C13H12F3/c1-4-10(9(2)3)11-7-5-6-8-12(11)13(14,15)16/h1,5,7-10H,2-3H3. The second-order valence-electron chi connectivity index (χ2n) is 3.90. The molecule has 0 aliphatic heterocycles. The minimum Gasteiger partial charge on any atom is -0.166 e. The van der Waals surface area contributed by atoms with Crippen molar-refractivity contribution in [2.24, 2.45) is 5.92 Å². The molecular weight excluding hydrogens is 213 g/mol. The molecule has 1 aromatic carbocycles. The van der Waals surface area contributed by atoms with Gasteiger partial charge >= 0.3 is 6.18 Å². The highest BCUT2D eigenvalue weighted by molar-refractivity contribution is 5.36. The van der Waals surface area contributed by atoms with E-state index in [2.05, 4.69) is 12.0 Å². The molecule has 1 unspecified atom stereocenters. The van der Waals surface area contributed by atoms with Crippen molar-refractivity contribution >= 4 is 0 Å². The van der Waals surface area contributed by atoms with Crippen molar-refractivity contribution in [2.75, 3.05) is 0 Å². The summed E-state index contributed by atoms with van der Waals surface area (Å²) >= 11 is 0. The molecule has 0 spiro atoms. The van der Waals surface area contributed by atoms with Crippen LogP contribution in [0.5, 0.6) is 0 Å². The van der Waals surface area contributed by atoms with Crippen LogP contribution in [0.1, 0.15) is 30.9 Å². The highest BCUT2D eigenvalue weighted by Crippen LogP contribution is 2.36. The predicted octanol–water partition coefficient (Wildman–Crippen LogP) is 3.88. The fourth-order valence-corrected chi connectivity index (χ4v) is 1.60. The molecule has 0 bridgehead atoms. The Hall–Kier alpha value is -1.43. The Balaban J connectivity index is 3.29. The topological polar surface area (TPSA) is 0 Å². The van der Waals surface area contributed by atoms with E-state index in [0.717, 1.165) is 6.07 Å². The molecule has 0 aromatic heterocycles. The van der Waals surface area contributed by atoms with Gasteiger partial charge in [-0.2, -0.15) is 13.2 Å². The zero-order valence-corrected chi connectivity index (χ0v) is 9.10. The summed E-state index contributed by atoms with van der Waals surface area (Å²) in [6.45, 7) is 3.61. The lowest BCUT2D eigenvalue weighted by atomic mass is 9.86. The van der Waals surface area contributed by atoms with Gasteiger partial charge in [-0.1, -0.05) is 31.9 Å². The zero-order valence-electron chi connectivity index (χ0n) is 9.10. The van der Waals surface area contributed by atoms with Crippen LogP contribution in [-0.2, 0) is 6.18 Å². The molecule has 0 heterocycles. The minimum absolute atomic E-state index is 0.0338. The van der Waals surface area contributed by atoms with Crippen molar-refractivity contribution in [1.29, 1.82) is 0 Å². The number of halogens is 3. The first-order valence-corrected chi connectivity index (χ1v) is 4.91. The first-order chi connectivity index (χ1) is 7.38. The van der Waals surface area contributed by atoms with Gasteiger partial charge < -0.3 is 0 Å². The molecule has 1 atom stereocenters. The third kappa shape index (κ3) is 2.57. The molecule has 0 nitrogen and oxygen atoms in total. The van der Waals surface area contributed by atoms with Gasteiger partial charge in [-0.05, 0) is 23.6 Å². The molecule has 0 aliphatic rings. The normalized spacial score (nSPS) is 13.6. The lowest BCUT2D eigenvalue weighted by molar-refractivity contribution is -0.138. The minimum atomic E-state index is -4.38. The molecular formula is C13H12F3. The van der Waals surface area contributed by atoms with Crippen LogP contribution in [0.25, 0.3) is 0 Å². The monoisotopic (exact) mass is 225 g/mol. The number of hydrogen-bond acceptors (Lipinski definition) is 0. The molecule has 1 radical (unpaired) electrons. The lowest BCUT2D eigenvalue weighted by Crippen LogP contribution is -2.14. The maximum Gasteiger partial charge on any atom is 0.416 e. The van der Waals surface area contributed by atoms with Gasteiger partial charge in [0.25, 0.3) is 0 Å². The smallest absolute Gasteiger partial charge is 0.166 e. The van der Waals surface area contributed by atoms with Crippen LogP contribution >= 0.6 is 0 Å². The Morgan fingerprint density at radius 1 is 1.38 bits per heavy atom. The van der Waals surface area contributed by atoms with Gasteiger partial charge in [-0.3, -0.25) is 0 Å². The zero-order chi connectivity index (χ0) is 12.3. The second kappa shape index (κ2) is 4.61. The lowest BCUT2D eigenvalue weighted by Gasteiger charge is -2.20. The largest absolute Gasteiger partial charge is 0.416 e. The van der Waals surface area contributed by atoms with Gasteiger partial charge in [0.15, 0.2) is 0 Å². The molecule has 0 N–H and O–H groups in total. The van der Waals surface area contributed by atoms with E-state index >= 15 is 0 Å². The third-order valence-electron chi connectivity index (χ3n) is 2.38. The van der Waals surface area contributed by atoms with Crippen LogP contribution in [0.3, 0.4) is 0 Å². The highest BCUT2D eigenvalue weighted by atomic mass is 19.4. The van der Waals surface area contributed by atoms with Gasteiger partial charge in [-0.25, -0.2) is 0 Å². The van der Waals surface area contributed by atoms with E-state index in [0.29, 0.717) is 0 Å². The average Bonchev–Trinajstić information content (AvgIpc) is 2.17. The van der Waals surface area contributed by atoms with Crippen LogP contribution in [0.15, 0.2) is 18.2 Å². The van der Waals surface area contributed by atoms with Gasteiger partial charge in [0.2, 0.25) is 0 Å². The molecule has 3 heteroatoms. The Morgan fingerprint density at radius 3 is 2.44 bits per heavy atom. The molecule has 16 heavy (non-hydrogen) atoms. The summed E-state index contributed by atoms with van der Waals surface area (Å²) in [5, 5.41) is 0. The van der Waals surface area contributed by atoms with Crippen molar-refractivity contribution in [3.05, 3.63) is 35.4 Å². The van der Waals surface area contributed by atoms with Crippen LogP contribution < -0.4 is 0 Å². The average molecular weight is 225 g/mol. The quantitative estimate of drug-likeness (QED) is 0.670. The van der Waals surface area contributed by atoms with Crippen molar-refractivity contribution in [3.8, 4) is 12.3 Å². The maximum atomic E-state index is 12.7. The van der Waals surface area contributed by atoms with Crippen molar-refractivity contribution < 1.29 is 13.2 Å². The molecule has 1 rings (SSSR count). The molecule has 1 aromatic rings. The molecule has 0 saturated heterocycles. The summed E-state index contributed by atoms with van der Waals surface area (Å²) in [4.78, 5) is 0. The van der Waals surface area contributed by atoms with E-state index in [4.69, 9.17) is 6.42 Å². The number of benzene rings is 1. The Bertz CT molecular complexity index is 396. The third-order valence-corrected chi connectivity index (χ3v) is 2.38. The summed E-state index contributed by atoms with van der Waals surface area (Å²) in [5.41, 5.74) is -0.532. The predicted molar refractivity (Wildman–Crippen MR) is 56.7 cm³/mol. The van der Waals surface area contributed by atoms with Crippen molar-refractivity contribution in [3.63, 3.8) is 0 Å². The maximum absolute atomic E-state index is 12.7. The number of hydrogen-bond donors (Lipinski definition) is 0. The summed E-state index contributed by atoms with van der Waals surface area (Å²) in [6, 6.07) is 6.24. The van der Waals surface area contributed by atoms with E-state index in [1.807, 2.05) is 0 Å². The van der Waals surface area contributed by atoms with Crippen LogP contribution in [0, 0.1) is 24.3 Å². The van der Waals surface area contributed by atoms with Crippen LogP contribution in [0.4, 0.5) is 13.2 Å². The molecule has 0 aliphatic carbocycles. The summed E-state index contributed by atoms with van der Waals surface area (Å²) in [6.07, 6.45) is 0.912.